The molecule has 24 heavy (non-hydrogen) atoms. The van der Waals surface area contributed by atoms with Crippen LogP contribution in [0.5, 0.6) is 0 Å². The van der Waals surface area contributed by atoms with Gasteiger partial charge in [-0.05, 0) is 37.5 Å². The molecule has 1 aliphatic heterocycles. The molecule has 0 bridgehead atoms. The molecular formula is C19H24N2O3. The third-order valence-corrected chi connectivity index (χ3v) is 4.46. The van der Waals surface area contributed by atoms with E-state index >= 15 is 0 Å². The van der Waals surface area contributed by atoms with Gasteiger partial charge in [0.1, 0.15) is 11.5 Å². The third-order valence-electron chi connectivity index (χ3n) is 4.46. The number of nitrogens with zero attached hydrogens (tertiary/aromatic N) is 1. The zero-order chi connectivity index (χ0) is 17.1. The monoisotopic (exact) mass is 328 g/mol. The van der Waals surface area contributed by atoms with Gasteiger partial charge in [-0.1, -0.05) is 24.3 Å². The number of amides is 1. The van der Waals surface area contributed by atoms with Crippen LogP contribution in [0.3, 0.4) is 0 Å². The Bertz CT molecular complexity index is 723. The first-order chi connectivity index (χ1) is 11.5. The van der Waals surface area contributed by atoms with E-state index in [0.717, 1.165) is 19.5 Å². The molecule has 1 aliphatic rings. The Morgan fingerprint density at radius 2 is 2.08 bits per heavy atom. The molecular weight excluding hydrogens is 304 g/mol. The fourth-order valence-corrected chi connectivity index (χ4v) is 3.23. The topological polar surface area (TPSA) is 65.7 Å². The normalized spacial score (nSPS) is 15.8. The van der Waals surface area contributed by atoms with Gasteiger partial charge in [-0.3, -0.25) is 9.69 Å². The second-order valence-corrected chi connectivity index (χ2v) is 6.44. The number of hydrogen-bond donors (Lipinski definition) is 2. The van der Waals surface area contributed by atoms with Crippen LogP contribution in [0.4, 0.5) is 0 Å². The number of nitrogens with one attached hydrogen (secondary N) is 1. The molecule has 1 atom stereocenters. The first kappa shape index (κ1) is 16.7. The largest absolute Gasteiger partial charge is 0.466 e. The van der Waals surface area contributed by atoms with Crippen molar-refractivity contribution >= 4 is 5.91 Å². The number of hydrogen-bond acceptors (Lipinski definition) is 4. The predicted molar refractivity (Wildman–Crippen MR) is 91.9 cm³/mol. The maximum atomic E-state index is 12.1. The highest BCUT2D eigenvalue weighted by atomic mass is 16.3. The van der Waals surface area contributed by atoms with Crippen molar-refractivity contribution in [2.75, 3.05) is 19.6 Å². The van der Waals surface area contributed by atoms with Crippen LogP contribution in [0.2, 0.25) is 0 Å². The number of carbonyl (C=O) groups is 1. The van der Waals surface area contributed by atoms with Crippen LogP contribution in [-0.2, 0) is 13.0 Å². The second-order valence-electron chi connectivity index (χ2n) is 6.44. The van der Waals surface area contributed by atoms with Gasteiger partial charge in [0.2, 0.25) is 0 Å². The van der Waals surface area contributed by atoms with E-state index in [2.05, 4.69) is 28.4 Å². The maximum Gasteiger partial charge on any atom is 0.254 e. The summed E-state index contributed by atoms with van der Waals surface area (Å²) >= 11 is 0. The molecule has 0 aliphatic carbocycles. The van der Waals surface area contributed by atoms with Crippen molar-refractivity contribution in [3.63, 3.8) is 0 Å². The summed E-state index contributed by atoms with van der Waals surface area (Å²) in [5.41, 5.74) is 3.25. The smallest absolute Gasteiger partial charge is 0.254 e. The van der Waals surface area contributed by atoms with Crippen LogP contribution in [0.15, 0.2) is 34.7 Å². The molecule has 1 aromatic carbocycles. The van der Waals surface area contributed by atoms with E-state index in [9.17, 15) is 9.90 Å². The number of β-amino-alcohol motifs (C(OH)–C–C–N with tert-alkyl or cyclic N) is 1. The molecule has 5 heteroatoms. The summed E-state index contributed by atoms with van der Waals surface area (Å²) in [6.45, 7) is 6.15. The van der Waals surface area contributed by atoms with Crippen molar-refractivity contribution in [3.8, 4) is 0 Å². The van der Waals surface area contributed by atoms with Crippen molar-refractivity contribution < 1.29 is 14.3 Å². The molecule has 0 spiro atoms. The third kappa shape index (κ3) is 3.86. The number of aryl methyl sites for hydroxylation is 2. The lowest BCUT2D eigenvalue weighted by Crippen LogP contribution is -2.42. The summed E-state index contributed by atoms with van der Waals surface area (Å²) in [6, 6.07) is 10.1. The molecule has 1 amide bonds. The fraction of sp³-hybridized carbons (Fsp3) is 0.421. The Kier molecular flexibility index (Phi) is 5.02. The number of fused-ring (bicyclic) bond motifs is 1. The fourth-order valence-electron chi connectivity index (χ4n) is 3.23. The van der Waals surface area contributed by atoms with Crippen molar-refractivity contribution in [2.45, 2.75) is 32.9 Å². The van der Waals surface area contributed by atoms with Crippen LogP contribution >= 0.6 is 0 Å². The van der Waals surface area contributed by atoms with E-state index in [0.29, 0.717) is 23.6 Å². The number of furan rings is 1. The summed E-state index contributed by atoms with van der Waals surface area (Å²) in [4.78, 5) is 14.4. The minimum Gasteiger partial charge on any atom is -0.466 e. The molecule has 2 aromatic rings. The molecule has 128 valence electrons. The number of aliphatic hydroxyl groups excluding tert-OH is 1. The zero-order valence-electron chi connectivity index (χ0n) is 14.2. The van der Waals surface area contributed by atoms with Crippen molar-refractivity contribution in [2.24, 2.45) is 0 Å². The minimum absolute atomic E-state index is 0.201. The molecule has 0 saturated heterocycles. The average molecular weight is 328 g/mol. The van der Waals surface area contributed by atoms with E-state index in [1.54, 1.807) is 13.0 Å². The van der Waals surface area contributed by atoms with Gasteiger partial charge in [-0.2, -0.15) is 0 Å². The van der Waals surface area contributed by atoms with E-state index in [-0.39, 0.29) is 12.5 Å². The van der Waals surface area contributed by atoms with Gasteiger partial charge in [0, 0.05) is 26.2 Å². The van der Waals surface area contributed by atoms with Gasteiger partial charge in [-0.25, -0.2) is 0 Å². The average Bonchev–Trinajstić information content (AvgIpc) is 2.91. The minimum atomic E-state index is -0.590. The Morgan fingerprint density at radius 3 is 2.79 bits per heavy atom. The van der Waals surface area contributed by atoms with Gasteiger partial charge in [0.25, 0.3) is 5.91 Å². The molecule has 0 fully saturated rings. The summed E-state index contributed by atoms with van der Waals surface area (Å²) in [6.07, 6.45) is 0.412. The molecule has 2 heterocycles. The Balaban J connectivity index is 1.49. The molecule has 1 aromatic heterocycles. The number of rotatable bonds is 5. The van der Waals surface area contributed by atoms with Crippen molar-refractivity contribution in [1.29, 1.82) is 0 Å². The molecule has 2 N–H and O–H groups in total. The maximum absolute atomic E-state index is 12.1. The summed E-state index contributed by atoms with van der Waals surface area (Å²) in [7, 11) is 0. The highest BCUT2D eigenvalue weighted by molar-refractivity contribution is 5.95. The van der Waals surface area contributed by atoms with Gasteiger partial charge in [0.15, 0.2) is 0 Å². The van der Waals surface area contributed by atoms with E-state index in [1.165, 1.54) is 11.1 Å². The van der Waals surface area contributed by atoms with E-state index in [4.69, 9.17) is 4.42 Å². The van der Waals surface area contributed by atoms with E-state index in [1.807, 2.05) is 13.0 Å². The number of benzene rings is 1. The van der Waals surface area contributed by atoms with Crippen LogP contribution < -0.4 is 5.32 Å². The van der Waals surface area contributed by atoms with Crippen LogP contribution in [0.25, 0.3) is 0 Å². The van der Waals surface area contributed by atoms with Gasteiger partial charge >= 0.3 is 0 Å². The predicted octanol–water partition coefficient (Wildman–Crippen LogP) is 2.05. The molecule has 0 saturated carbocycles. The SMILES string of the molecule is Cc1cc(C(=O)NCC(O)CN2CCc3ccccc3C2)c(C)o1. The lowest BCUT2D eigenvalue weighted by atomic mass is 10.00. The lowest BCUT2D eigenvalue weighted by Gasteiger charge is -2.30. The van der Waals surface area contributed by atoms with Gasteiger partial charge in [0.05, 0.1) is 11.7 Å². The van der Waals surface area contributed by atoms with E-state index < -0.39 is 6.10 Å². The summed E-state index contributed by atoms with van der Waals surface area (Å²) in [5.74, 6) is 1.12. The van der Waals surface area contributed by atoms with Gasteiger partial charge in [-0.15, -0.1) is 0 Å². The lowest BCUT2D eigenvalue weighted by molar-refractivity contribution is 0.0840. The highest BCUT2D eigenvalue weighted by Crippen LogP contribution is 2.18. The zero-order valence-corrected chi connectivity index (χ0v) is 14.2. The first-order valence-electron chi connectivity index (χ1n) is 8.35. The number of carbonyl (C=O) groups excluding carboxylic acids is 1. The van der Waals surface area contributed by atoms with Crippen molar-refractivity contribution in [3.05, 3.63) is 58.5 Å². The summed E-state index contributed by atoms with van der Waals surface area (Å²) in [5, 5.41) is 13.0. The quantitative estimate of drug-likeness (QED) is 0.881. The standard InChI is InChI=1S/C19H24N2O3/c1-13-9-18(14(2)24-13)19(23)20-10-17(22)12-21-8-7-15-5-3-4-6-16(15)11-21/h3-6,9,17,22H,7-8,10-12H2,1-2H3,(H,20,23). The Morgan fingerprint density at radius 1 is 1.33 bits per heavy atom. The molecule has 3 rings (SSSR count). The Labute approximate surface area is 142 Å². The molecule has 0 radical (unpaired) electrons. The number of aliphatic hydroxyl groups is 1. The molecule has 1 unspecified atom stereocenters. The van der Waals surface area contributed by atoms with Crippen LogP contribution in [0, 0.1) is 13.8 Å². The van der Waals surface area contributed by atoms with Crippen LogP contribution in [-0.4, -0.2) is 41.7 Å². The first-order valence-corrected chi connectivity index (χ1v) is 8.35. The summed E-state index contributed by atoms with van der Waals surface area (Å²) < 4.78 is 5.37. The second kappa shape index (κ2) is 7.20. The highest BCUT2D eigenvalue weighted by Gasteiger charge is 2.19. The van der Waals surface area contributed by atoms with Gasteiger partial charge < -0.3 is 14.8 Å². The van der Waals surface area contributed by atoms with Crippen LogP contribution in [0.1, 0.15) is 33.0 Å². The molecule has 5 nitrogen and oxygen atoms in total. The van der Waals surface area contributed by atoms with Crippen molar-refractivity contribution in [1.82, 2.24) is 10.2 Å². The Hall–Kier alpha value is -2.11.